The van der Waals surface area contributed by atoms with E-state index < -0.39 is 0 Å². The summed E-state index contributed by atoms with van der Waals surface area (Å²) in [5.41, 5.74) is 0. The lowest BCUT2D eigenvalue weighted by molar-refractivity contribution is 0.481. The number of rotatable bonds is 1. The molecule has 0 N–H and O–H groups in total. The number of anilines is 1. The molecule has 3 heterocycles. The number of benzene rings is 1. The highest BCUT2D eigenvalue weighted by atomic mass is 79.9. The molecule has 2 unspecified atom stereocenters. The van der Waals surface area contributed by atoms with Gasteiger partial charge < -0.3 is 4.90 Å². The number of halogens is 2. The monoisotopic (exact) mass is 394 g/mol. The van der Waals surface area contributed by atoms with Gasteiger partial charge in [0.25, 0.3) is 0 Å². The molecule has 0 radical (unpaired) electrons. The van der Waals surface area contributed by atoms with Gasteiger partial charge in [-0.3, -0.25) is 0 Å². The lowest BCUT2D eigenvalue weighted by Gasteiger charge is -2.38. The minimum atomic E-state index is 0.648. The molecule has 1 aromatic carbocycles. The second kappa shape index (κ2) is 4.99. The van der Waals surface area contributed by atoms with Gasteiger partial charge in [0.15, 0.2) is 0 Å². The van der Waals surface area contributed by atoms with E-state index in [1.165, 1.54) is 42.3 Å². The third kappa shape index (κ3) is 2.00. The SMILES string of the molecule is Brc1cccc2c(N3C4CCC3CC(Br)C4)nccc12. The van der Waals surface area contributed by atoms with Gasteiger partial charge in [0.05, 0.1) is 0 Å². The zero-order valence-corrected chi connectivity index (χ0v) is 14.3. The standard InChI is InChI=1S/C16H16Br2N2/c17-10-8-11-4-5-12(9-10)20(11)16-14-2-1-3-15(18)13(14)6-7-19-16/h1-3,6-7,10-12H,4-5,8-9H2. The second-order valence-corrected chi connectivity index (χ2v) is 7.98. The molecule has 1 aromatic heterocycles. The van der Waals surface area contributed by atoms with Gasteiger partial charge in [-0.25, -0.2) is 4.98 Å². The van der Waals surface area contributed by atoms with Crippen LogP contribution >= 0.6 is 31.9 Å². The number of pyridine rings is 1. The minimum absolute atomic E-state index is 0.648. The van der Waals surface area contributed by atoms with E-state index in [1.807, 2.05) is 6.20 Å². The summed E-state index contributed by atoms with van der Waals surface area (Å²) in [6, 6.07) is 9.80. The van der Waals surface area contributed by atoms with Crippen LogP contribution in [0.1, 0.15) is 25.7 Å². The van der Waals surface area contributed by atoms with Crippen LogP contribution in [-0.2, 0) is 0 Å². The van der Waals surface area contributed by atoms with Crippen molar-refractivity contribution in [2.75, 3.05) is 4.90 Å². The van der Waals surface area contributed by atoms with Crippen LogP contribution in [0.5, 0.6) is 0 Å². The van der Waals surface area contributed by atoms with E-state index in [1.54, 1.807) is 0 Å². The molecule has 2 aromatic rings. The smallest absolute Gasteiger partial charge is 0.136 e. The summed E-state index contributed by atoms with van der Waals surface area (Å²) < 4.78 is 1.15. The zero-order valence-electron chi connectivity index (χ0n) is 11.1. The van der Waals surface area contributed by atoms with Crippen molar-refractivity contribution < 1.29 is 0 Å². The molecule has 20 heavy (non-hydrogen) atoms. The highest BCUT2D eigenvalue weighted by molar-refractivity contribution is 9.10. The van der Waals surface area contributed by atoms with Gasteiger partial charge in [-0.1, -0.05) is 44.0 Å². The maximum Gasteiger partial charge on any atom is 0.136 e. The molecule has 0 spiro atoms. The quantitative estimate of drug-likeness (QED) is 0.639. The number of alkyl halides is 1. The average molecular weight is 396 g/mol. The van der Waals surface area contributed by atoms with Crippen LogP contribution in [0.3, 0.4) is 0 Å². The maximum absolute atomic E-state index is 4.73. The molecular weight excluding hydrogens is 380 g/mol. The van der Waals surface area contributed by atoms with Crippen molar-refractivity contribution in [1.82, 2.24) is 4.98 Å². The van der Waals surface area contributed by atoms with E-state index in [9.17, 15) is 0 Å². The fourth-order valence-electron chi connectivity index (χ4n) is 3.82. The summed E-state index contributed by atoms with van der Waals surface area (Å²) in [4.78, 5) is 8.00. The maximum atomic E-state index is 4.73. The second-order valence-electron chi connectivity index (χ2n) is 5.83. The first-order valence-corrected chi connectivity index (χ1v) is 8.90. The van der Waals surface area contributed by atoms with Crippen molar-refractivity contribution in [1.29, 1.82) is 0 Å². The van der Waals surface area contributed by atoms with E-state index in [4.69, 9.17) is 4.98 Å². The first-order chi connectivity index (χ1) is 9.74. The molecule has 2 aliphatic rings. The van der Waals surface area contributed by atoms with Crippen molar-refractivity contribution in [2.45, 2.75) is 42.6 Å². The van der Waals surface area contributed by atoms with E-state index in [0.717, 1.165) is 4.47 Å². The molecule has 2 saturated heterocycles. The van der Waals surface area contributed by atoms with Crippen molar-refractivity contribution in [3.8, 4) is 0 Å². The van der Waals surface area contributed by atoms with Crippen molar-refractivity contribution in [3.63, 3.8) is 0 Å². The Kier molecular flexibility index (Phi) is 3.26. The van der Waals surface area contributed by atoms with Crippen LogP contribution < -0.4 is 4.90 Å². The molecular formula is C16H16Br2N2. The fraction of sp³-hybridized carbons (Fsp3) is 0.438. The topological polar surface area (TPSA) is 16.1 Å². The van der Waals surface area contributed by atoms with Gasteiger partial charge in [-0.2, -0.15) is 0 Å². The molecule has 0 amide bonds. The summed E-state index contributed by atoms with van der Waals surface area (Å²) in [5, 5.41) is 2.53. The first-order valence-electron chi connectivity index (χ1n) is 7.19. The molecule has 2 atom stereocenters. The van der Waals surface area contributed by atoms with Gasteiger partial charge in [-0.15, -0.1) is 0 Å². The minimum Gasteiger partial charge on any atom is -0.350 e. The van der Waals surface area contributed by atoms with Gasteiger partial charge in [0.2, 0.25) is 0 Å². The number of fused-ring (bicyclic) bond motifs is 3. The van der Waals surface area contributed by atoms with E-state index in [0.29, 0.717) is 16.9 Å². The van der Waals surface area contributed by atoms with E-state index >= 15 is 0 Å². The number of piperidine rings is 1. The molecule has 104 valence electrons. The number of aromatic nitrogens is 1. The van der Waals surface area contributed by atoms with Crippen LogP contribution in [0, 0.1) is 0 Å². The molecule has 2 fully saturated rings. The number of hydrogen-bond acceptors (Lipinski definition) is 2. The average Bonchev–Trinajstić information content (AvgIpc) is 2.71. The predicted octanol–water partition coefficient (Wildman–Crippen LogP) is 4.89. The Labute approximate surface area is 135 Å². The summed E-state index contributed by atoms with van der Waals surface area (Å²) in [6.07, 6.45) is 7.03. The Morgan fingerprint density at radius 2 is 1.80 bits per heavy atom. The Morgan fingerprint density at radius 1 is 1.05 bits per heavy atom. The van der Waals surface area contributed by atoms with Crippen molar-refractivity contribution >= 4 is 48.5 Å². The van der Waals surface area contributed by atoms with Crippen LogP contribution in [-0.4, -0.2) is 21.9 Å². The Bertz CT molecular complexity index is 644. The highest BCUT2D eigenvalue weighted by Crippen LogP contribution is 2.43. The number of nitrogens with zero attached hydrogens (tertiary/aromatic N) is 2. The lowest BCUT2D eigenvalue weighted by atomic mass is 10.0. The Balaban J connectivity index is 1.85. The normalized spacial score (nSPS) is 29.1. The molecule has 2 bridgehead atoms. The van der Waals surface area contributed by atoms with Gasteiger partial charge in [0, 0.05) is 38.4 Å². The molecule has 2 aliphatic heterocycles. The largest absolute Gasteiger partial charge is 0.350 e. The van der Waals surface area contributed by atoms with Gasteiger partial charge >= 0.3 is 0 Å². The third-order valence-electron chi connectivity index (χ3n) is 4.65. The fourth-order valence-corrected chi connectivity index (χ4v) is 5.18. The van der Waals surface area contributed by atoms with Crippen LogP contribution in [0.2, 0.25) is 0 Å². The zero-order chi connectivity index (χ0) is 13.7. The molecule has 0 aliphatic carbocycles. The van der Waals surface area contributed by atoms with Crippen LogP contribution in [0.4, 0.5) is 5.82 Å². The molecule has 0 saturated carbocycles. The van der Waals surface area contributed by atoms with Gasteiger partial charge in [-0.05, 0) is 37.8 Å². The van der Waals surface area contributed by atoms with Crippen LogP contribution in [0.25, 0.3) is 10.8 Å². The summed E-state index contributed by atoms with van der Waals surface area (Å²) in [7, 11) is 0. The van der Waals surface area contributed by atoms with E-state index in [-0.39, 0.29) is 0 Å². The summed E-state index contributed by atoms with van der Waals surface area (Å²) >= 11 is 7.47. The summed E-state index contributed by atoms with van der Waals surface area (Å²) in [5.74, 6) is 1.18. The van der Waals surface area contributed by atoms with Crippen molar-refractivity contribution in [3.05, 3.63) is 34.9 Å². The van der Waals surface area contributed by atoms with Crippen molar-refractivity contribution in [2.24, 2.45) is 0 Å². The molecule has 4 rings (SSSR count). The van der Waals surface area contributed by atoms with Crippen LogP contribution in [0.15, 0.2) is 34.9 Å². The summed E-state index contributed by atoms with van der Waals surface area (Å²) in [6.45, 7) is 0. The lowest BCUT2D eigenvalue weighted by Crippen LogP contribution is -2.43. The third-order valence-corrected chi connectivity index (χ3v) is 6.09. The highest BCUT2D eigenvalue weighted by Gasteiger charge is 2.41. The van der Waals surface area contributed by atoms with Gasteiger partial charge in [0.1, 0.15) is 5.82 Å². The number of hydrogen-bond donors (Lipinski definition) is 0. The molecule has 2 nitrogen and oxygen atoms in total. The molecule has 4 heteroatoms. The van der Waals surface area contributed by atoms with E-state index in [2.05, 4.69) is 61.0 Å². The first kappa shape index (κ1) is 13.1. The Hall–Kier alpha value is -0.610. The predicted molar refractivity (Wildman–Crippen MR) is 90.7 cm³/mol. The Morgan fingerprint density at radius 3 is 2.55 bits per heavy atom.